The number of hydrogen-bond donors (Lipinski definition) is 0. The van der Waals surface area contributed by atoms with Gasteiger partial charge < -0.3 is 9.80 Å². The lowest BCUT2D eigenvalue weighted by Gasteiger charge is -2.31. The van der Waals surface area contributed by atoms with Crippen molar-refractivity contribution < 1.29 is 16.4 Å². The van der Waals surface area contributed by atoms with Gasteiger partial charge in [0.25, 0.3) is 11.8 Å². The Hall–Kier alpha value is -3.86. The summed E-state index contributed by atoms with van der Waals surface area (Å²) >= 11 is 0. The largest absolute Gasteiger partial charge is 0.334 e. The summed E-state index contributed by atoms with van der Waals surface area (Å²) in [7, 11) is 0. The van der Waals surface area contributed by atoms with E-state index >= 15 is 0 Å². The van der Waals surface area contributed by atoms with E-state index in [9.17, 15) is 11.0 Å². The number of hydrogen-bond acceptors (Lipinski definition) is 4. The number of anilines is 2. The molecule has 3 heterocycles. The third-order valence-electron chi connectivity index (χ3n) is 6.12. The molecule has 0 bridgehead atoms. The SMILES string of the molecule is [2H]C1Cc2cccc3c2N1C1=C(C(=O)N(Cc2ccccc2)C1=O)N(c1ccccc1)C3([2H])C([2H])([2H])[2H]. The molecule has 3 aliphatic heterocycles. The second kappa shape index (κ2) is 7.09. The van der Waals surface area contributed by atoms with Crippen LogP contribution < -0.4 is 9.80 Å². The first kappa shape index (κ1) is 14.2. The number of nitrogens with zero attached hydrogens (tertiary/aromatic N) is 3. The van der Waals surface area contributed by atoms with Crippen molar-refractivity contribution in [3.8, 4) is 0 Å². The van der Waals surface area contributed by atoms with Gasteiger partial charge >= 0.3 is 0 Å². The van der Waals surface area contributed by atoms with Crippen molar-refractivity contribution >= 4 is 23.2 Å². The number of carbonyl (C=O) groups is 2. The number of carbonyl (C=O) groups excluding carboxylic acids is 2. The first-order chi connectivity index (χ1) is 17.6. The summed E-state index contributed by atoms with van der Waals surface area (Å²) in [5, 5.41) is 0. The Kier molecular flexibility index (Phi) is 3.16. The van der Waals surface area contributed by atoms with Crippen LogP contribution in [0.1, 0.15) is 36.4 Å². The minimum Gasteiger partial charge on any atom is -0.334 e. The van der Waals surface area contributed by atoms with Gasteiger partial charge in [-0.3, -0.25) is 14.5 Å². The fraction of sp³-hybridized carbons (Fsp3) is 0.185. The summed E-state index contributed by atoms with van der Waals surface area (Å²) in [5.41, 5.74) is 1.92. The van der Waals surface area contributed by atoms with Gasteiger partial charge in [0, 0.05) is 22.0 Å². The van der Waals surface area contributed by atoms with E-state index in [4.69, 9.17) is 5.48 Å². The number of aryl methyl sites for hydroxylation is 1. The van der Waals surface area contributed by atoms with Crippen molar-refractivity contribution in [1.29, 1.82) is 0 Å². The normalized spacial score (nSPS) is 26.7. The number of benzene rings is 3. The quantitative estimate of drug-likeness (QED) is 0.582. The lowest BCUT2D eigenvalue weighted by atomic mass is 10.0. The molecule has 158 valence electrons. The number of amides is 2. The second-order valence-electron chi connectivity index (χ2n) is 7.97. The molecule has 6 rings (SSSR count). The molecule has 0 spiro atoms. The maximum Gasteiger partial charge on any atom is 0.280 e. The summed E-state index contributed by atoms with van der Waals surface area (Å²) in [4.78, 5) is 31.8. The van der Waals surface area contributed by atoms with Gasteiger partial charge in [0.1, 0.15) is 11.4 Å². The highest BCUT2D eigenvalue weighted by atomic mass is 16.2. The summed E-state index contributed by atoms with van der Waals surface area (Å²) in [6.45, 7) is -3.90. The summed E-state index contributed by atoms with van der Waals surface area (Å²) < 4.78 is 44.1. The average molecular weight is 427 g/mol. The highest BCUT2D eigenvalue weighted by Crippen LogP contribution is 2.47. The van der Waals surface area contributed by atoms with Gasteiger partial charge in [0.2, 0.25) is 0 Å². The van der Waals surface area contributed by atoms with Crippen LogP contribution in [0.4, 0.5) is 11.4 Å². The van der Waals surface area contributed by atoms with Gasteiger partial charge in [-0.05, 0) is 42.1 Å². The zero-order chi connectivity index (χ0) is 26.1. The topological polar surface area (TPSA) is 43.9 Å². The summed E-state index contributed by atoms with van der Waals surface area (Å²) in [6, 6.07) is 20.0. The molecule has 0 aliphatic carbocycles. The molecule has 0 fully saturated rings. The van der Waals surface area contributed by atoms with Gasteiger partial charge in [0.05, 0.1) is 15.3 Å². The van der Waals surface area contributed by atoms with Gasteiger partial charge in [0.15, 0.2) is 0 Å². The Morgan fingerprint density at radius 2 is 1.66 bits per heavy atom. The van der Waals surface area contributed by atoms with Crippen LogP contribution in [-0.2, 0) is 22.6 Å². The minimum absolute atomic E-state index is 0.0160. The van der Waals surface area contributed by atoms with Crippen LogP contribution in [0, 0.1) is 0 Å². The van der Waals surface area contributed by atoms with Gasteiger partial charge in [-0.1, -0.05) is 66.7 Å². The Bertz CT molecular complexity index is 1460. The molecular formula is C27H23N3O2. The van der Waals surface area contributed by atoms with Crippen molar-refractivity contribution in [3.63, 3.8) is 0 Å². The third kappa shape index (κ3) is 2.64. The lowest BCUT2D eigenvalue weighted by Crippen LogP contribution is -2.37. The van der Waals surface area contributed by atoms with E-state index in [0.717, 1.165) is 10.5 Å². The van der Waals surface area contributed by atoms with Crippen LogP contribution in [0.2, 0.25) is 0 Å². The molecule has 3 aliphatic rings. The number of imide groups is 1. The second-order valence-corrected chi connectivity index (χ2v) is 7.97. The Balaban J connectivity index is 1.66. The Labute approximate surface area is 194 Å². The molecule has 3 aromatic carbocycles. The highest BCUT2D eigenvalue weighted by molar-refractivity contribution is 6.22. The highest BCUT2D eigenvalue weighted by Gasteiger charge is 2.49. The molecule has 0 saturated heterocycles. The minimum atomic E-state index is -2.93. The van der Waals surface area contributed by atoms with E-state index in [1.54, 1.807) is 72.8 Å². The van der Waals surface area contributed by atoms with Crippen LogP contribution in [0.3, 0.4) is 0 Å². The smallest absolute Gasteiger partial charge is 0.280 e. The fourth-order valence-corrected chi connectivity index (χ4v) is 4.66. The molecule has 32 heavy (non-hydrogen) atoms. The maximum absolute atomic E-state index is 14.1. The van der Waals surface area contributed by atoms with Gasteiger partial charge in [-0.2, -0.15) is 0 Å². The van der Waals surface area contributed by atoms with Crippen molar-refractivity contribution in [2.75, 3.05) is 16.3 Å². The van der Waals surface area contributed by atoms with Crippen LogP contribution in [0.5, 0.6) is 0 Å². The van der Waals surface area contributed by atoms with E-state index in [2.05, 4.69) is 0 Å². The maximum atomic E-state index is 14.1. The molecule has 0 N–H and O–H groups in total. The predicted octanol–water partition coefficient (Wildman–Crippen LogP) is 4.41. The van der Waals surface area contributed by atoms with Gasteiger partial charge in [-0.25, -0.2) is 0 Å². The van der Waals surface area contributed by atoms with E-state index in [-0.39, 0.29) is 29.9 Å². The molecule has 5 heteroatoms. The third-order valence-corrected chi connectivity index (χ3v) is 6.12. The summed E-state index contributed by atoms with van der Waals surface area (Å²) in [5.74, 6) is -1.30. The molecule has 0 saturated carbocycles. The monoisotopic (exact) mass is 426 g/mol. The van der Waals surface area contributed by atoms with Crippen LogP contribution in [0.15, 0.2) is 90.3 Å². The van der Waals surface area contributed by atoms with Crippen LogP contribution in [-0.4, -0.2) is 23.2 Å². The first-order valence-corrected chi connectivity index (χ1v) is 10.5. The Morgan fingerprint density at radius 3 is 2.41 bits per heavy atom. The van der Waals surface area contributed by atoms with E-state index < -0.39 is 31.2 Å². The molecule has 2 amide bonds. The molecule has 0 radical (unpaired) electrons. The van der Waals surface area contributed by atoms with Crippen LogP contribution >= 0.6 is 0 Å². The van der Waals surface area contributed by atoms with Gasteiger partial charge in [-0.15, -0.1) is 0 Å². The zero-order valence-electron chi connectivity index (χ0n) is 22.2. The first-order valence-electron chi connectivity index (χ1n) is 13.1. The lowest BCUT2D eigenvalue weighted by molar-refractivity contribution is -0.138. The van der Waals surface area contributed by atoms with E-state index in [0.29, 0.717) is 16.9 Å². The standard InChI is InChI=1S/C27H23N3O2/c1-18-22-14-8-11-20-15-16-28(23(20)22)24-25(30(18)21-12-6-3-7-13-21)27(32)29(26(24)31)17-19-9-4-2-5-10-19/h2-14,18H,15-17H2,1H3/i1D3,16D,18D. The Morgan fingerprint density at radius 1 is 0.938 bits per heavy atom. The van der Waals surface area contributed by atoms with Crippen molar-refractivity contribution in [2.45, 2.75) is 25.8 Å². The summed E-state index contributed by atoms with van der Waals surface area (Å²) in [6.07, 6.45) is 0.239. The van der Waals surface area contributed by atoms with E-state index in [1.165, 1.54) is 9.80 Å². The molecule has 2 unspecified atom stereocenters. The fourth-order valence-electron chi connectivity index (χ4n) is 4.66. The number of para-hydroxylation sites is 2. The molecule has 3 aromatic rings. The molecular weight excluding hydrogens is 398 g/mol. The molecule has 2 atom stereocenters. The van der Waals surface area contributed by atoms with Crippen molar-refractivity contribution in [3.05, 3.63) is 107 Å². The van der Waals surface area contributed by atoms with Crippen molar-refractivity contribution in [2.24, 2.45) is 0 Å². The van der Waals surface area contributed by atoms with Crippen molar-refractivity contribution in [1.82, 2.24) is 4.90 Å². The van der Waals surface area contributed by atoms with Crippen LogP contribution in [0.25, 0.3) is 0 Å². The number of rotatable bonds is 3. The zero-order valence-corrected chi connectivity index (χ0v) is 17.2. The predicted molar refractivity (Wildman–Crippen MR) is 124 cm³/mol. The van der Waals surface area contributed by atoms with E-state index in [1.807, 2.05) is 6.07 Å². The average Bonchev–Trinajstić information content (AvgIpc) is 3.28. The molecule has 5 nitrogen and oxygen atoms in total. The molecule has 0 aromatic heterocycles. The number of fused-ring (bicyclic) bond motifs is 1.